The number of esters is 1. The molecule has 2 N–H and O–H groups in total. The van der Waals surface area contributed by atoms with E-state index in [2.05, 4.69) is 5.32 Å². The minimum Gasteiger partial charge on any atom is -0.467 e. The number of hydrogen-bond acceptors (Lipinski definition) is 7. The van der Waals surface area contributed by atoms with Crippen molar-refractivity contribution in [2.75, 3.05) is 23.9 Å². The number of carbonyl (C=O) groups is 2. The molecule has 142 valence electrons. The Hall–Kier alpha value is -2.48. The van der Waals surface area contributed by atoms with Gasteiger partial charge in [0.1, 0.15) is 11.6 Å². The Balaban J connectivity index is 1.85. The zero-order chi connectivity index (χ0) is 19.1. The molecule has 2 unspecified atom stereocenters. The number of hydrogen-bond donors (Lipinski definition) is 2. The van der Waals surface area contributed by atoms with Crippen molar-refractivity contribution >= 4 is 23.4 Å². The molecule has 2 aliphatic heterocycles. The lowest BCUT2D eigenvalue weighted by molar-refractivity contribution is -0.145. The number of amides is 1. The second-order valence-corrected chi connectivity index (χ2v) is 7.50. The van der Waals surface area contributed by atoms with Gasteiger partial charge in [-0.1, -0.05) is 12.1 Å². The molecule has 0 saturated carbocycles. The second-order valence-electron chi connectivity index (χ2n) is 7.50. The molecule has 0 aliphatic carbocycles. The van der Waals surface area contributed by atoms with E-state index < -0.39 is 30.1 Å². The fraction of sp³-hybridized carbons (Fsp3) is 0.556. The molecule has 2 heterocycles. The van der Waals surface area contributed by atoms with Crippen LogP contribution < -0.4 is 10.2 Å². The van der Waals surface area contributed by atoms with Gasteiger partial charge in [0.2, 0.25) is 6.35 Å². The molecule has 3 rings (SSSR count). The summed E-state index contributed by atoms with van der Waals surface area (Å²) in [4.78, 5) is 28.0. The maximum atomic E-state index is 12.6. The van der Waals surface area contributed by atoms with E-state index in [1.807, 2.05) is 24.3 Å². The average molecular weight is 363 g/mol. The number of benzene rings is 1. The predicted octanol–water partition coefficient (Wildman–Crippen LogP) is 1.75. The highest BCUT2D eigenvalue weighted by molar-refractivity contribution is 5.83. The number of aliphatic hydroxyl groups excluding tert-OH is 1. The minimum atomic E-state index is -0.922. The summed E-state index contributed by atoms with van der Waals surface area (Å²) in [6, 6.07) is 6.52. The monoisotopic (exact) mass is 363 g/mol. The molecule has 1 fully saturated rings. The van der Waals surface area contributed by atoms with E-state index in [0.29, 0.717) is 6.42 Å². The van der Waals surface area contributed by atoms with Crippen LogP contribution in [0.2, 0.25) is 0 Å². The Morgan fingerprint density at radius 1 is 1.27 bits per heavy atom. The van der Waals surface area contributed by atoms with E-state index in [4.69, 9.17) is 9.47 Å². The van der Waals surface area contributed by atoms with E-state index in [-0.39, 0.29) is 12.6 Å². The number of methoxy groups -OCH3 is 1. The van der Waals surface area contributed by atoms with Crippen LogP contribution in [0.25, 0.3) is 0 Å². The number of nitrogens with zero attached hydrogens (tertiary/aromatic N) is 2. The number of anilines is 2. The molecule has 8 heteroatoms. The molecule has 1 amide bonds. The van der Waals surface area contributed by atoms with Crippen molar-refractivity contribution in [3.05, 3.63) is 24.3 Å². The van der Waals surface area contributed by atoms with Crippen LogP contribution in [0.1, 0.15) is 27.2 Å². The van der Waals surface area contributed by atoms with Gasteiger partial charge in [-0.05, 0) is 32.9 Å². The molecular weight excluding hydrogens is 338 g/mol. The molecule has 1 aromatic rings. The second kappa shape index (κ2) is 6.68. The van der Waals surface area contributed by atoms with Crippen molar-refractivity contribution in [2.24, 2.45) is 0 Å². The molecule has 26 heavy (non-hydrogen) atoms. The summed E-state index contributed by atoms with van der Waals surface area (Å²) in [5.74, 6) is -0.492. The lowest BCUT2D eigenvalue weighted by Crippen LogP contribution is -2.46. The van der Waals surface area contributed by atoms with E-state index in [9.17, 15) is 14.7 Å². The molecular formula is C18H25N3O5. The highest BCUT2D eigenvalue weighted by Crippen LogP contribution is 2.38. The quantitative estimate of drug-likeness (QED) is 0.774. The summed E-state index contributed by atoms with van der Waals surface area (Å²) in [5.41, 5.74) is 0.974. The first-order valence-corrected chi connectivity index (χ1v) is 8.60. The first kappa shape index (κ1) is 18.3. The van der Waals surface area contributed by atoms with Crippen LogP contribution >= 0.6 is 0 Å². The van der Waals surface area contributed by atoms with Crippen LogP contribution in [-0.2, 0) is 14.3 Å². The Morgan fingerprint density at radius 2 is 1.96 bits per heavy atom. The lowest BCUT2D eigenvalue weighted by Gasteiger charge is -2.30. The van der Waals surface area contributed by atoms with E-state index >= 15 is 0 Å². The van der Waals surface area contributed by atoms with Crippen LogP contribution in [0.15, 0.2) is 24.3 Å². The zero-order valence-electron chi connectivity index (χ0n) is 15.4. The van der Waals surface area contributed by atoms with Gasteiger partial charge < -0.3 is 24.8 Å². The maximum absolute atomic E-state index is 12.6. The number of aliphatic hydroxyl groups is 1. The fourth-order valence-electron chi connectivity index (χ4n) is 3.45. The molecule has 2 aliphatic rings. The standard InChI is InChI=1S/C18H25N3O5/c1-18(2,3)26-17(24)20-10-11(9-14(20)15(22)25-4)21-13-8-6-5-7-12(13)19-16(21)23/h5-8,11,14,16,19,23H,9-10H2,1-4H3/t11?,14-,16?/m0/s1. The van der Waals surface area contributed by atoms with Gasteiger partial charge in [0.15, 0.2) is 0 Å². The lowest BCUT2D eigenvalue weighted by atomic mass is 10.1. The van der Waals surface area contributed by atoms with Gasteiger partial charge in [-0.2, -0.15) is 0 Å². The first-order valence-electron chi connectivity index (χ1n) is 8.60. The van der Waals surface area contributed by atoms with Crippen molar-refractivity contribution in [1.82, 2.24) is 4.90 Å². The zero-order valence-corrected chi connectivity index (χ0v) is 15.4. The Labute approximate surface area is 152 Å². The van der Waals surface area contributed by atoms with E-state index in [0.717, 1.165) is 11.4 Å². The minimum absolute atomic E-state index is 0.252. The smallest absolute Gasteiger partial charge is 0.411 e. The van der Waals surface area contributed by atoms with Crippen LogP contribution in [0, 0.1) is 0 Å². The SMILES string of the molecule is COC(=O)[C@@H]1CC(N2c3ccccc3NC2O)CN1C(=O)OC(C)(C)C. The summed E-state index contributed by atoms with van der Waals surface area (Å²) in [6.45, 7) is 5.57. The summed E-state index contributed by atoms with van der Waals surface area (Å²) < 4.78 is 10.3. The van der Waals surface area contributed by atoms with Gasteiger partial charge >= 0.3 is 12.1 Å². The Bertz CT molecular complexity index is 702. The third-order valence-electron chi connectivity index (χ3n) is 4.50. The Kier molecular flexibility index (Phi) is 4.70. The van der Waals surface area contributed by atoms with Crippen LogP contribution in [0.4, 0.5) is 16.2 Å². The van der Waals surface area contributed by atoms with Crippen molar-refractivity contribution in [3.8, 4) is 0 Å². The van der Waals surface area contributed by atoms with E-state index in [1.54, 1.807) is 25.7 Å². The van der Waals surface area contributed by atoms with Gasteiger partial charge in [-0.25, -0.2) is 9.59 Å². The Morgan fingerprint density at radius 3 is 2.62 bits per heavy atom. The van der Waals surface area contributed by atoms with E-state index in [1.165, 1.54) is 12.0 Å². The molecule has 0 spiro atoms. The number of ether oxygens (including phenoxy) is 2. The number of nitrogens with one attached hydrogen (secondary N) is 1. The first-order chi connectivity index (χ1) is 12.2. The molecule has 0 radical (unpaired) electrons. The topological polar surface area (TPSA) is 91.3 Å². The number of para-hydroxylation sites is 2. The molecule has 0 bridgehead atoms. The summed E-state index contributed by atoms with van der Waals surface area (Å²) >= 11 is 0. The van der Waals surface area contributed by atoms with Crippen molar-refractivity contribution in [1.29, 1.82) is 0 Å². The van der Waals surface area contributed by atoms with Crippen molar-refractivity contribution in [3.63, 3.8) is 0 Å². The molecule has 1 saturated heterocycles. The fourth-order valence-corrected chi connectivity index (χ4v) is 3.45. The highest BCUT2D eigenvalue weighted by atomic mass is 16.6. The van der Waals surface area contributed by atoms with Gasteiger partial charge in [-0.3, -0.25) is 4.90 Å². The van der Waals surface area contributed by atoms with Crippen molar-refractivity contribution < 1.29 is 24.2 Å². The normalized spacial score (nSPS) is 24.9. The summed E-state index contributed by atoms with van der Waals surface area (Å²) in [7, 11) is 1.30. The number of fused-ring (bicyclic) bond motifs is 1. The molecule has 3 atom stereocenters. The molecule has 8 nitrogen and oxygen atoms in total. The largest absolute Gasteiger partial charge is 0.467 e. The van der Waals surface area contributed by atoms with Gasteiger partial charge in [0.25, 0.3) is 0 Å². The van der Waals surface area contributed by atoms with Gasteiger partial charge in [0.05, 0.1) is 24.5 Å². The average Bonchev–Trinajstić information content (AvgIpc) is 3.12. The van der Waals surface area contributed by atoms with Crippen LogP contribution in [-0.4, -0.2) is 59.8 Å². The molecule has 1 aromatic carbocycles. The van der Waals surface area contributed by atoms with Crippen molar-refractivity contribution in [2.45, 2.75) is 51.2 Å². The third kappa shape index (κ3) is 3.41. The molecule has 0 aromatic heterocycles. The summed E-state index contributed by atoms with van der Waals surface area (Å²) in [5, 5.41) is 13.4. The maximum Gasteiger partial charge on any atom is 0.411 e. The van der Waals surface area contributed by atoms with Crippen LogP contribution in [0.5, 0.6) is 0 Å². The summed E-state index contributed by atoms with van der Waals surface area (Å²) in [6.07, 6.45) is -1.14. The number of carbonyl (C=O) groups excluding carboxylic acids is 2. The number of likely N-dealkylation sites (tertiary alicyclic amines) is 1. The van der Waals surface area contributed by atoms with Gasteiger partial charge in [-0.15, -0.1) is 0 Å². The highest BCUT2D eigenvalue weighted by Gasteiger charge is 2.46. The predicted molar refractivity (Wildman–Crippen MR) is 95.7 cm³/mol. The third-order valence-corrected chi connectivity index (χ3v) is 4.50. The van der Waals surface area contributed by atoms with Gasteiger partial charge in [0, 0.05) is 13.0 Å². The number of rotatable bonds is 2. The van der Waals surface area contributed by atoms with Crippen LogP contribution in [0.3, 0.4) is 0 Å².